The third kappa shape index (κ3) is 6.10. The molecular formula is C33H36N4O2. The molecular weight excluding hydrogens is 484 g/mol. The Morgan fingerprint density at radius 1 is 1.10 bits per heavy atom. The molecule has 0 spiro atoms. The van der Waals surface area contributed by atoms with Gasteiger partial charge < -0.3 is 19.9 Å². The Morgan fingerprint density at radius 2 is 1.97 bits per heavy atom. The number of nitrogens with one attached hydrogen (secondary N) is 2. The van der Waals surface area contributed by atoms with Crippen LogP contribution in [0.2, 0.25) is 0 Å². The lowest BCUT2D eigenvalue weighted by Gasteiger charge is -2.23. The third-order valence-electron chi connectivity index (χ3n) is 7.10. The fourth-order valence-electron chi connectivity index (χ4n) is 5.03. The van der Waals surface area contributed by atoms with E-state index in [1.165, 1.54) is 0 Å². The Bertz CT molecular complexity index is 1510. The summed E-state index contributed by atoms with van der Waals surface area (Å²) in [5, 5.41) is 4.65. The van der Waals surface area contributed by atoms with Crippen LogP contribution in [0, 0.1) is 11.8 Å². The summed E-state index contributed by atoms with van der Waals surface area (Å²) in [5.74, 6) is 6.95. The van der Waals surface area contributed by atoms with E-state index >= 15 is 0 Å². The Labute approximate surface area is 231 Å². The van der Waals surface area contributed by atoms with E-state index in [1.54, 1.807) is 0 Å². The highest BCUT2D eigenvalue weighted by atomic mass is 16.5. The summed E-state index contributed by atoms with van der Waals surface area (Å²) in [4.78, 5) is 21.2. The van der Waals surface area contributed by atoms with Crippen LogP contribution in [0.4, 0.5) is 11.4 Å². The smallest absolute Gasteiger partial charge is 0.258 e. The molecule has 0 radical (unpaired) electrons. The van der Waals surface area contributed by atoms with Crippen molar-refractivity contribution in [2.75, 3.05) is 43.5 Å². The van der Waals surface area contributed by atoms with Gasteiger partial charge in [-0.1, -0.05) is 37.0 Å². The lowest BCUT2D eigenvalue weighted by atomic mass is 10.0. The number of benzene rings is 3. The second-order valence-corrected chi connectivity index (χ2v) is 10.2. The fourth-order valence-corrected chi connectivity index (χ4v) is 5.03. The van der Waals surface area contributed by atoms with Crippen LogP contribution < -0.4 is 15.0 Å². The van der Waals surface area contributed by atoms with E-state index in [2.05, 4.69) is 72.2 Å². The monoisotopic (exact) mass is 520 g/mol. The van der Waals surface area contributed by atoms with Gasteiger partial charge in [-0.15, -0.1) is 0 Å². The number of anilines is 2. The number of para-hydroxylation sites is 2. The zero-order chi connectivity index (χ0) is 27.2. The van der Waals surface area contributed by atoms with Crippen LogP contribution in [0.15, 0.2) is 72.9 Å². The Morgan fingerprint density at radius 3 is 2.85 bits per heavy atom. The van der Waals surface area contributed by atoms with Crippen molar-refractivity contribution in [1.29, 1.82) is 0 Å². The van der Waals surface area contributed by atoms with Gasteiger partial charge in [0.25, 0.3) is 5.91 Å². The number of nitrogens with zero attached hydrogens (tertiary/aromatic N) is 2. The van der Waals surface area contributed by atoms with Gasteiger partial charge in [-0.05, 0) is 92.8 Å². The van der Waals surface area contributed by atoms with Crippen molar-refractivity contribution in [2.45, 2.75) is 32.7 Å². The minimum atomic E-state index is -0.0388. The molecule has 200 valence electrons. The number of rotatable bonds is 7. The average Bonchev–Trinajstić information content (AvgIpc) is 3.34. The molecule has 6 heteroatoms. The number of aromatic amines is 1. The average molecular weight is 521 g/mol. The number of carbonyl (C=O) groups excluding carboxylic acids is 1. The molecule has 3 aromatic carbocycles. The minimum Gasteiger partial charge on any atom is -0.480 e. The molecule has 2 heterocycles. The van der Waals surface area contributed by atoms with Crippen LogP contribution in [-0.4, -0.2) is 55.1 Å². The number of carbonyl (C=O) groups is 1. The molecule has 39 heavy (non-hydrogen) atoms. The topological polar surface area (TPSA) is 60.6 Å². The molecule has 1 atom stereocenters. The van der Waals surface area contributed by atoms with E-state index < -0.39 is 0 Å². The molecule has 1 aliphatic rings. The first-order chi connectivity index (χ1) is 19.0. The Balaban J connectivity index is 1.45. The van der Waals surface area contributed by atoms with Gasteiger partial charge in [0.05, 0.1) is 17.9 Å². The summed E-state index contributed by atoms with van der Waals surface area (Å²) >= 11 is 0. The van der Waals surface area contributed by atoms with Gasteiger partial charge in [-0.3, -0.25) is 9.69 Å². The molecule has 1 aliphatic heterocycles. The number of ether oxygens (including phenoxy) is 1. The summed E-state index contributed by atoms with van der Waals surface area (Å²) in [6.45, 7) is 6.92. The van der Waals surface area contributed by atoms with Crippen molar-refractivity contribution in [1.82, 2.24) is 9.88 Å². The molecule has 6 nitrogen and oxygen atoms in total. The molecule has 0 unspecified atom stereocenters. The van der Waals surface area contributed by atoms with Crippen LogP contribution in [-0.2, 0) is 0 Å². The van der Waals surface area contributed by atoms with Gasteiger partial charge in [-0.2, -0.15) is 0 Å². The van der Waals surface area contributed by atoms with Crippen LogP contribution in [0.5, 0.6) is 5.75 Å². The molecule has 1 aromatic heterocycles. The maximum Gasteiger partial charge on any atom is 0.258 e. The van der Waals surface area contributed by atoms with Crippen LogP contribution in [0.1, 0.15) is 37.0 Å². The Hall–Kier alpha value is -4.21. The SMILES string of the molecule is CCCN(C)CC#CCOc1cc(C(=O)N2CC[C@H](C)Nc3ccccc32)ccc1-c1ccc2[nH]ccc2c1. The van der Waals surface area contributed by atoms with Gasteiger partial charge in [0, 0.05) is 35.4 Å². The zero-order valence-electron chi connectivity index (χ0n) is 23.0. The number of H-pyrrole nitrogens is 1. The maximum atomic E-state index is 13.9. The Kier molecular flexibility index (Phi) is 8.19. The fraction of sp³-hybridized carbons (Fsp3) is 0.303. The molecule has 0 saturated heterocycles. The second-order valence-electron chi connectivity index (χ2n) is 10.2. The highest BCUT2D eigenvalue weighted by Gasteiger charge is 2.25. The number of aromatic nitrogens is 1. The molecule has 0 aliphatic carbocycles. The predicted molar refractivity (Wildman–Crippen MR) is 161 cm³/mol. The molecule has 2 N–H and O–H groups in total. The largest absolute Gasteiger partial charge is 0.480 e. The first-order valence-corrected chi connectivity index (χ1v) is 13.7. The number of hydrogen-bond donors (Lipinski definition) is 2. The molecule has 1 amide bonds. The lowest BCUT2D eigenvalue weighted by molar-refractivity contribution is 0.0986. The van der Waals surface area contributed by atoms with Crippen molar-refractivity contribution < 1.29 is 9.53 Å². The molecule has 0 fully saturated rings. The highest BCUT2D eigenvalue weighted by molar-refractivity contribution is 6.08. The van der Waals surface area contributed by atoms with E-state index in [9.17, 15) is 4.79 Å². The molecule has 0 saturated carbocycles. The highest BCUT2D eigenvalue weighted by Crippen LogP contribution is 2.35. The quantitative estimate of drug-likeness (QED) is 0.277. The van der Waals surface area contributed by atoms with E-state index in [-0.39, 0.29) is 18.6 Å². The lowest BCUT2D eigenvalue weighted by Crippen LogP contribution is -2.32. The number of hydrogen-bond acceptors (Lipinski definition) is 4. The van der Waals surface area contributed by atoms with Crippen molar-refractivity contribution >= 4 is 28.2 Å². The number of fused-ring (bicyclic) bond motifs is 2. The summed E-state index contributed by atoms with van der Waals surface area (Å²) in [7, 11) is 2.07. The predicted octanol–water partition coefficient (Wildman–Crippen LogP) is 6.41. The summed E-state index contributed by atoms with van der Waals surface area (Å²) in [6, 6.07) is 22.4. The van der Waals surface area contributed by atoms with Crippen molar-refractivity contribution in [3.05, 3.63) is 78.5 Å². The first kappa shape index (κ1) is 26.4. The van der Waals surface area contributed by atoms with E-state index in [4.69, 9.17) is 4.74 Å². The first-order valence-electron chi connectivity index (χ1n) is 13.7. The molecule has 0 bridgehead atoms. The van der Waals surface area contributed by atoms with E-state index in [1.807, 2.05) is 53.6 Å². The van der Waals surface area contributed by atoms with Crippen LogP contribution in [0.3, 0.4) is 0 Å². The van der Waals surface area contributed by atoms with Crippen molar-refractivity contribution in [3.63, 3.8) is 0 Å². The van der Waals surface area contributed by atoms with E-state index in [0.29, 0.717) is 24.4 Å². The van der Waals surface area contributed by atoms with Gasteiger partial charge in [0.15, 0.2) is 0 Å². The van der Waals surface area contributed by atoms with Crippen LogP contribution >= 0.6 is 0 Å². The number of amides is 1. The van der Waals surface area contributed by atoms with Gasteiger partial charge in [-0.25, -0.2) is 0 Å². The maximum absolute atomic E-state index is 13.9. The summed E-state index contributed by atoms with van der Waals surface area (Å²) < 4.78 is 6.23. The molecule has 4 aromatic rings. The van der Waals surface area contributed by atoms with E-state index in [0.717, 1.165) is 52.8 Å². The van der Waals surface area contributed by atoms with Gasteiger partial charge in [0.2, 0.25) is 0 Å². The minimum absolute atomic E-state index is 0.0388. The third-order valence-corrected chi connectivity index (χ3v) is 7.10. The van der Waals surface area contributed by atoms with Crippen molar-refractivity contribution in [3.8, 4) is 28.7 Å². The van der Waals surface area contributed by atoms with Gasteiger partial charge in [0.1, 0.15) is 12.4 Å². The zero-order valence-corrected chi connectivity index (χ0v) is 23.0. The second kappa shape index (κ2) is 12.1. The molecule has 5 rings (SSSR count). The normalized spacial score (nSPS) is 14.8. The van der Waals surface area contributed by atoms with Gasteiger partial charge >= 0.3 is 0 Å². The summed E-state index contributed by atoms with van der Waals surface area (Å²) in [6.07, 6.45) is 3.90. The summed E-state index contributed by atoms with van der Waals surface area (Å²) in [5.41, 5.74) is 5.52. The van der Waals surface area contributed by atoms with Crippen LogP contribution in [0.25, 0.3) is 22.0 Å². The van der Waals surface area contributed by atoms with Crippen molar-refractivity contribution in [2.24, 2.45) is 0 Å². The standard InChI is InChI=1S/C33H36N4O2/c1-4-18-36(3)19-7-8-21-39-32-23-27(11-13-28(32)25-12-14-29-26(22-25)15-17-34-29)33(38)37-20-16-24(2)35-30-9-5-6-10-31(30)37/h5-6,9-15,17,22-24,34-35H,4,16,18-21H2,1-3H3/t24-/m0/s1.